The molecule has 0 atom stereocenters. The van der Waals surface area contributed by atoms with Crippen LogP contribution in [0.4, 0.5) is 17.1 Å². The molecule has 0 fully saturated rings. The molecule has 1 heterocycles. The van der Waals surface area contributed by atoms with Crippen LogP contribution in [0.15, 0.2) is 42.7 Å². The number of hydrogen-bond donors (Lipinski definition) is 2. The first kappa shape index (κ1) is 10.5. The number of para-hydroxylation sites is 1. The molecule has 82 valence electrons. The van der Waals surface area contributed by atoms with Crippen molar-refractivity contribution in [2.24, 2.45) is 0 Å². The maximum atomic E-state index is 5.68. The van der Waals surface area contributed by atoms with Gasteiger partial charge in [0, 0.05) is 11.9 Å². The van der Waals surface area contributed by atoms with E-state index in [-0.39, 0.29) is 0 Å². The van der Waals surface area contributed by atoms with E-state index >= 15 is 0 Å². The number of aryl methyl sites for hydroxylation is 1. The van der Waals surface area contributed by atoms with Crippen molar-refractivity contribution >= 4 is 17.1 Å². The fraction of sp³-hybridized carbons (Fsp3) is 0.154. The monoisotopic (exact) mass is 213 g/mol. The van der Waals surface area contributed by atoms with Crippen LogP contribution in [-0.4, -0.2) is 4.98 Å². The molecular weight excluding hydrogens is 198 g/mol. The topological polar surface area (TPSA) is 50.9 Å². The Balaban J connectivity index is 2.26. The number of rotatable bonds is 3. The van der Waals surface area contributed by atoms with E-state index in [1.165, 1.54) is 5.56 Å². The summed E-state index contributed by atoms with van der Waals surface area (Å²) in [5.74, 6) is 0. The standard InChI is InChI=1S/C13H15N3/c1-2-10-5-3-4-6-13(10)16-12-7-11(14)8-15-9-12/h3-9,16H,2,14H2,1H3. The van der Waals surface area contributed by atoms with E-state index in [1.54, 1.807) is 12.4 Å². The molecule has 0 spiro atoms. The fourth-order valence-corrected chi connectivity index (χ4v) is 1.63. The van der Waals surface area contributed by atoms with E-state index in [0.717, 1.165) is 17.8 Å². The molecule has 0 saturated carbocycles. The van der Waals surface area contributed by atoms with Gasteiger partial charge in [0.1, 0.15) is 0 Å². The van der Waals surface area contributed by atoms with Crippen LogP contribution < -0.4 is 11.1 Å². The molecule has 2 rings (SSSR count). The Bertz CT molecular complexity index is 480. The zero-order chi connectivity index (χ0) is 11.4. The molecular formula is C13H15N3. The summed E-state index contributed by atoms with van der Waals surface area (Å²) < 4.78 is 0. The van der Waals surface area contributed by atoms with Crippen LogP contribution in [0.3, 0.4) is 0 Å². The predicted molar refractivity (Wildman–Crippen MR) is 67.8 cm³/mol. The molecule has 2 aromatic rings. The average Bonchev–Trinajstić information content (AvgIpc) is 2.30. The van der Waals surface area contributed by atoms with Gasteiger partial charge in [-0.2, -0.15) is 0 Å². The Kier molecular flexibility index (Phi) is 3.05. The highest BCUT2D eigenvalue weighted by molar-refractivity contribution is 5.64. The van der Waals surface area contributed by atoms with Gasteiger partial charge in [-0.1, -0.05) is 25.1 Å². The summed E-state index contributed by atoms with van der Waals surface area (Å²) in [5, 5.41) is 3.32. The molecule has 0 bridgehead atoms. The van der Waals surface area contributed by atoms with Crippen LogP contribution in [0, 0.1) is 0 Å². The first-order valence-corrected chi connectivity index (χ1v) is 5.35. The number of benzene rings is 1. The summed E-state index contributed by atoms with van der Waals surface area (Å²) in [6.07, 6.45) is 4.40. The Morgan fingerprint density at radius 1 is 1.25 bits per heavy atom. The second kappa shape index (κ2) is 4.66. The van der Waals surface area contributed by atoms with Crippen molar-refractivity contribution in [2.45, 2.75) is 13.3 Å². The minimum Gasteiger partial charge on any atom is -0.397 e. The van der Waals surface area contributed by atoms with Crippen molar-refractivity contribution < 1.29 is 0 Å². The van der Waals surface area contributed by atoms with Gasteiger partial charge in [0.15, 0.2) is 0 Å². The summed E-state index contributed by atoms with van der Waals surface area (Å²) in [5.41, 5.74) is 9.65. The number of aromatic nitrogens is 1. The Labute approximate surface area is 95.3 Å². The van der Waals surface area contributed by atoms with Gasteiger partial charge in [-0.3, -0.25) is 4.98 Å². The summed E-state index contributed by atoms with van der Waals surface area (Å²) in [4.78, 5) is 4.05. The molecule has 3 nitrogen and oxygen atoms in total. The number of pyridine rings is 1. The first-order valence-electron chi connectivity index (χ1n) is 5.35. The van der Waals surface area contributed by atoms with E-state index in [1.807, 2.05) is 18.2 Å². The highest BCUT2D eigenvalue weighted by Gasteiger charge is 2.00. The molecule has 1 aromatic carbocycles. The van der Waals surface area contributed by atoms with Crippen molar-refractivity contribution in [1.82, 2.24) is 4.98 Å². The lowest BCUT2D eigenvalue weighted by atomic mass is 10.1. The number of hydrogen-bond acceptors (Lipinski definition) is 3. The van der Waals surface area contributed by atoms with Gasteiger partial charge in [0.2, 0.25) is 0 Å². The average molecular weight is 213 g/mol. The molecule has 3 N–H and O–H groups in total. The normalized spacial score (nSPS) is 10.1. The minimum absolute atomic E-state index is 0.666. The van der Waals surface area contributed by atoms with Crippen LogP contribution in [-0.2, 0) is 6.42 Å². The maximum absolute atomic E-state index is 5.68. The second-order valence-corrected chi connectivity index (χ2v) is 3.64. The lowest BCUT2D eigenvalue weighted by Gasteiger charge is -2.10. The maximum Gasteiger partial charge on any atom is 0.0591 e. The predicted octanol–water partition coefficient (Wildman–Crippen LogP) is 2.97. The quantitative estimate of drug-likeness (QED) is 0.824. The fourth-order valence-electron chi connectivity index (χ4n) is 1.63. The van der Waals surface area contributed by atoms with Crippen LogP contribution in [0.1, 0.15) is 12.5 Å². The lowest BCUT2D eigenvalue weighted by Crippen LogP contribution is -1.96. The second-order valence-electron chi connectivity index (χ2n) is 3.64. The third kappa shape index (κ3) is 2.31. The molecule has 0 aliphatic rings. The van der Waals surface area contributed by atoms with E-state index in [4.69, 9.17) is 5.73 Å². The largest absolute Gasteiger partial charge is 0.397 e. The Hall–Kier alpha value is -2.03. The van der Waals surface area contributed by atoms with Gasteiger partial charge in [-0.25, -0.2) is 0 Å². The molecule has 0 aliphatic heterocycles. The summed E-state index contributed by atoms with van der Waals surface area (Å²) in [6, 6.07) is 10.1. The highest BCUT2D eigenvalue weighted by atomic mass is 14.9. The Morgan fingerprint density at radius 2 is 2.06 bits per heavy atom. The summed E-state index contributed by atoms with van der Waals surface area (Å²) in [7, 11) is 0. The smallest absolute Gasteiger partial charge is 0.0591 e. The van der Waals surface area contributed by atoms with Crippen LogP contribution >= 0.6 is 0 Å². The molecule has 0 saturated heterocycles. The molecule has 0 aliphatic carbocycles. The lowest BCUT2D eigenvalue weighted by molar-refractivity contribution is 1.14. The van der Waals surface area contributed by atoms with Gasteiger partial charge in [0.25, 0.3) is 0 Å². The molecule has 0 radical (unpaired) electrons. The van der Waals surface area contributed by atoms with E-state index in [2.05, 4.69) is 29.4 Å². The zero-order valence-electron chi connectivity index (χ0n) is 9.27. The van der Waals surface area contributed by atoms with Crippen molar-refractivity contribution in [3.05, 3.63) is 48.3 Å². The zero-order valence-corrected chi connectivity index (χ0v) is 9.27. The highest BCUT2D eigenvalue weighted by Crippen LogP contribution is 2.21. The third-order valence-corrected chi connectivity index (χ3v) is 2.44. The van der Waals surface area contributed by atoms with Gasteiger partial charge in [-0.05, 0) is 24.1 Å². The van der Waals surface area contributed by atoms with Gasteiger partial charge < -0.3 is 11.1 Å². The van der Waals surface area contributed by atoms with Gasteiger partial charge in [-0.15, -0.1) is 0 Å². The molecule has 1 aromatic heterocycles. The molecule has 0 amide bonds. The number of anilines is 3. The third-order valence-electron chi connectivity index (χ3n) is 2.44. The van der Waals surface area contributed by atoms with Crippen LogP contribution in [0.5, 0.6) is 0 Å². The van der Waals surface area contributed by atoms with Crippen molar-refractivity contribution in [3.63, 3.8) is 0 Å². The summed E-state index contributed by atoms with van der Waals surface area (Å²) in [6.45, 7) is 2.14. The number of nitrogen functional groups attached to an aromatic ring is 1. The SMILES string of the molecule is CCc1ccccc1Nc1cncc(N)c1. The van der Waals surface area contributed by atoms with E-state index < -0.39 is 0 Å². The molecule has 3 heteroatoms. The minimum atomic E-state index is 0.666. The van der Waals surface area contributed by atoms with Crippen molar-refractivity contribution in [1.29, 1.82) is 0 Å². The number of nitrogens with one attached hydrogen (secondary N) is 1. The van der Waals surface area contributed by atoms with E-state index in [9.17, 15) is 0 Å². The van der Waals surface area contributed by atoms with Crippen molar-refractivity contribution in [3.8, 4) is 0 Å². The van der Waals surface area contributed by atoms with E-state index in [0.29, 0.717) is 5.69 Å². The van der Waals surface area contributed by atoms with Gasteiger partial charge in [0.05, 0.1) is 17.6 Å². The van der Waals surface area contributed by atoms with Crippen molar-refractivity contribution in [2.75, 3.05) is 11.1 Å². The Morgan fingerprint density at radius 3 is 2.81 bits per heavy atom. The number of nitrogens with two attached hydrogens (primary N) is 1. The van der Waals surface area contributed by atoms with Crippen LogP contribution in [0.2, 0.25) is 0 Å². The molecule has 0 unspecified atom stereocenters. The summed E-state index contributed by atoms with van der Waals surface area (Å²) >= 11 is 0. The molecule has 16 heavy (non-hydrogen) atoms. The number of nitrogens with zero attached hydrogens (tertiary/aromatic N) is 1. The van der Waals surface area contributed by atoms with Gasteiger partial charge >= 0.3 is 0 Å². The first-order chi connectivity index (χ1) is 7.79. The van der Waals surface area contributed by atoms with Crippen LogP contribution in [0.25, 0.3) is 0 Å².